The molecule has 0 saturated heterocycles. The Morgan fingerprint density at radius 1 is 1.37 bits per heavy atom. The Morgan fingerprint density at radius 3 is 2.79 bits per heavy atom. The number of hydrogen-bond donors (Lipinski definition) is 1. The summed E-state index contributed by atoms with van der Waals surface area (Å²) in [6.45, 7) is 4.51. The third-order valence-corrected chi connectivity index (χ3v) is 2.91. The van der Waals surface area contributed by atoms with Gasteiger partial charge in [0.15, 0.2) is 5.75 Å². The molecule has 0 aliphatic heterocycles. The topological polar surface area (TPSA) is 70.1 Å². The normalized spacial score (nSPS) is 10.4. The van der Waals surface area contributed by atoms with E-state index in [9.17, 15) is 4.79 Å². The maximum absolute atomic E-state index is 12.0. The first-order valence-electron chi connectivity index (χ1n) is 6.27. The molecule has 0 spiro atoms. The molecule has 1 aromatic carbocycles. The number of aromatic nitrogens is 2. The van der Waals surface area contributed by atoms with Crippen LogP contribution in [-0.2, 0) is 13.0 Å². The SMILES string of the molecule is CCc1ccc(Oc2nccn(CC)c2=O)c(N)c1. The molecule has 5 nitrogen and oxygen atoms in total. The zero-order valence-corrected chi connectivity index (χ0v) is 11.1. The van der Waals surface area contributed by atoms with Gasteiger partial charge in [0.1, 0.15) is 0 Å². The molecule has 0 aliphatic rings. The average Bonchev–Trinajstić information content (AvgIpc) is 2.43. The third kappa shape index (κ3) is 2.76. The van der Waals surface area contributed by atoms with Crippen molar-refractivity contribution < 1.29 is 4.74 Å². The van der Waals surface area contributed by atoms with Gasteiger partial charge in [-0.15, -0.1) is 0 Å². The Balaban J connectivity index is 2.34. The van der Waals surface area contributed by atoms with Crippen molar-refractivity contribution in [3.63, 3.8) is 0 Å². The molecular formula is C14H17N3O2. The summed E-state index contributed by atoms with van der Waals surface area (Å²) >= 11 is 0. The Morgan fingerprint density at radius 2 is 2.16 bits per heavy atom. The lowest BCUT2D eigenvalue weighted by molar-refractivity contribution is 0.447. The molecule has 1 aromatic heterocycles. The fourth-order valence-corrected chi connectivity index (χ4v) is 1.76. The summed E-state index contributed by atoms with van der Waals surface area (Å²) in [4.78, 5) is 15.9. The molecule has 0 fully saturated rings. The molecule has 2 rings (SSSR count). The Kier molecular flexibility index (Phi) is 3.85. The molecule has 0 unspecified atom stereocenters. The van der Waals surface area contributed by atoms with Gasteiger partial charge in [-0.1, -0.05) is 13.0 Å². The van der Waals surface area contributed by atoms with Crippen molar-refractivity contribution in [2.24, 2.45) is 0 Å². The van der Waals surface area contributed by atoms with Crippen molar-refractivity contribution >= 4 is 5.69 Å². The molecular weight excluding hydrogens is 242 g/mol. The molecule has 5 heteroatoms. The van der Waals surface area contributed by atoms with Gasteiger partial charge in [0.2, 0.25) is 0 Å². The van der Waals surface area contributed by atoms with Crippen molar-refractivity contribution in [1.82, 2.24) is 9.55 Å². The summed E-state index contributed by atoms with van der Waals surface area (Å²) in [5.41, 5.74) is 7.27. The maximum atomic E-state index is 12.0. The van der Waals surface area contributed by atoms with Gasteiger partial charge >= 0.3 is 5.56 Å². The van der Waals surface area contributed by atoms with Crippen molar-refractivity contribution in [1.29, 1.82) is 0 Å². The maximum Gasteiger partial charge on any atom is 0.313 e. The molecule has 1 heterocycles. The lowest BCUT2D eigenvalue weighted by Gasteiger charge is -2.09. The van der Waals surface area contributed by atoms with Gasteiger partial charge in [-0.2, -0.15) is 0 Å². The number of hydrogen-bond acceptors (Lipinski definition) is 4. The van der Waals surface area contributed by atoms with Crippen LogP contribution in [0, 0.1) is 0 Å². The van der Waals surface area contributed by atoms with Crippen LogP contribution in [0.3, 0.4) is 0 Å². The number of nitrogen functional groups attached to an aromatic ring is 1. The van der Waals surface area contributed by atoms with Crippen molar-refractivity contribution in [3.8, 4) is 11.6 Å². The second-order valence-electron chi connectivity index (χ2n) is 4.15. The Labute approximate surface area is 111 Å². The fourth-order valence-electron chi connectivity index (χ4n) is 1.76. The highest BCUT2D eigenvalue weighted by molar-refractivity contribution is 5.55. The highest BCUT2D eigenvalue weighted by Gasteiger charge is 2.09. The van der Waals surface area contributed by atoms with Crippen LogP contribution in [0.15, 0.2) is 35.4 Å². The summed E-state index contributed by atoms with van der Waals surface area (Å²) in [7, 11) is 0. The molecule has 0 atom stereocenters. The van der Waals surface area contributed by atoms with Crippen LogP contribution in [-0.4, -0.2) is 9.55 Å². The monoisotopic (exact) mass is 259 g/mol. The standard InChI is InChI=1S/C14H17N3O2/c1-3-10-5-6-12(11(15)9-10)19-13-14(18)17(4-2)8-7-16-13/h5-9H,3-4,15H2,1-2H3. The van der Waals surface area contributed by atoms with E-state index < -0.39 is 0 Å². The van der Waals surface area contributed by atoms with E-state index in [1.54, 1.807) is 12.3 Å². The number of aryl methyl sites for hydroxylation is 2. The number of ether oxygens (including phenoxy) is 1. The minimum Gasteiger partial charge on any atom is -0.432 e. The van der Waals surface area contributed by atoms with Gasteiger partial charge in [0.05, 0.1) is 5.69 Å². The highest BCUT2D eigenvalue weighted by atomic mass is 16.5. The van der Waals surface area contributed by atoms with E-state index >= 15 is 0 Å². The second-order valence-corrected chi connectivity index (χ2v) is 4.15. The molecule has 0 saturated carbocycles. The number of anilines is 1. The van der Waals surface area contributed by atoms with Crippen molar-refractivity contribution in [2.75, 3.05) is 5.73 Å². The van der Waals surface area contributed by atoms with Gasteiger partial charge in [0, 0.05) is 18.9 Å². The Hall–Kier alpha value is -2.30. The quantitative estimate of drug-likeness (QED) is 0.854. The zero-order valence-electron chi connectivity index (χ0n) is 11.1. The van der Waals surface area contributed by atoms with Gasteiger partial charge < -0.3 is 15.0 Å². The van der Waals surface area contributed by atoms with Crippen LogP contribution in [0.5, 0.6) is 11.6 Å². The molecule has 0 aliphatic carbocycles. The molecule has 19 heavy (non-hydrogen) atoms. The van der Waals surface area contributed by atoms with Gasteiger partial charge in [-0.3, -0.25) is 4.79 Å². The molecule has 2 N–H and O–H groups in total. The lowest BCUT2D eigenvalue weighted by atomic mass is 10.1. The van der Waals surface area contributed by atoms with Crippen LogP contribution in [0.1, 0.15) is 19.4 Å². The molecule has 0 radical (unpaired) electrons. The molecule has 100 valence electrons. The van der Waals surface area contributed by atoms with Crippen LogP contribution < -0.4 is 16.0 Å². The fraction of sp³-hybridized carbons (Fsp3) is 0.286. The van der Waals surface area contributed by atoms with Crippen LogP contribution in [0.2, 0.25) is 0 Å². The Bertz CT molecular complexity index is 635. The van der Waals surface area contributed by atoms with Crippen molar-refractivity contribution in [3.05, 3.63) is 46.5 Å². The zero-order chi connectivity index (χ0) is 13.8. The van der Waals surface area contributed by atoms with E-state index in [0.717, 1.165) is 12.0 Å². The first-order chi connectivity index (χ1) is 9.15. The van der Waals surface area contributed by atoms with E-state index in [1.165, 1.54) is 10.8 Å². The lowest BCUT2D eigenvalue weighted by Crippen LogP contribution is -2.20. The smallest absolute Gasteiger partial charge is 0.313 e. The van der Waals surface area contributed by atoms with E-state index in [4.69, 9.17) is 10.5 Å². The van der Waals surface area contributed by atoms with E-state index in [-0.39, 0.29) is 11.4 Å². The van der Waals surface area contributed by atoms with Gasteiger partial charge in [-0.25, -0.2) is 4.98 Å². The molecule has 0 bridgehead atoms. The van der Waals surface area contributed by atoms with E-state index in [0.29, 0.717) is 18.0 Å². The van der Waals surface area contributed by atoms with Crippen LogP contribution >= 0.6 is 0 Å². The van der Waals surface area contributed by atoms with Crippen LogP contribution in [0.4, 0.5) is 5.69 Å². The molecule has 2 aromatic rings. The summed E-state index contributed by atoms with van der Waals surface area (Å²) in [5, 5.41) is 0. The summed E-state index contributed by atoms with van der Waals surface area (Å²) < 4.78 is 7.04. The van der Waals surface area contributed by atoms with Crippen LogP contribution in [0.25, 0.3) is 0 Å². The second kappa shape index (κ2) is 5.56. The summed E-state index contributed by atoms with van der Waals surface area (Å²) in [6, 6.07) is 5.53. The minimum absolute atomic E-state index is 0.0419. The van der Waals surface area contributed by atoms with E-state index in [1.807, 2.05) is 26.0 Å². The van der Waals surface area contributed by atoms with E-state index in [2.05, 4.69) is 4.98 Å². The van der Waals surface area contributed by atoms with Gasteiger partial charge in [-0.05, 0) is 31.0 Å². The summed E-state index contributed by atoms with van der Waals surface area (Å²) in [5.74, 6) is 0.496. The first-order valence-corrected chi connectivity index (χ1v) is 6.27. The highest BCUT2D eigenvalue weighted by Crippen LogP contribution is 2.25. The number of benzene rings is 1. The average molecular weight is 259 g/mol. The predicted octanol–water partition coefficient (Wildman–Crippen LogP) is 2.20. The van der Waals surface area contributed by atoms with Gasteiger partial charge in [0.25, 0.3) is 5.88 Å². The third-order valence-electron chi connectivity index (χ3n) is 2.91. The predicted molar refractivity (Wildman–Crippen MR) is 74.5 cm³/mol. The first kappa shape index (κ1) is 13.1. The number of nitrogens with two attached hydrogens (primary N) is 1. The molecule has 0 amide bonds. The number of rotatable bonds is 4. The number of nitrogens with zero attached hydrogens (tertiary/aromatic N) is 2. The largest absolute Gasteiger partial charge is 0.432 e. The summed E-state index contributed by atoms with van der Waals surface area (Å²) in [6.07, 6.45) is 4.06. The minimum atomic E-state index is -0.260. The van der Waals surface area contributed by atoms with Crippen molar-refractivity contribution in [2.45, 2.75) is 26.8 Å².